The first kappa shape index (κ1) is 23.9. The van der Waals surface area contributed by atoms with E-state index in [1.807, 2.05) is 6.07 Å². The molecule has 6 rings (SSSR count). The van der Waals surface area contributed by atoms with Crippen LogP contribution in [0.25, 0.3) is 0 Å². The Morgan fingerprint density at radius 2 is 1.89 bits per heavy atom. The molecule has 4 fully saturated rings. The molecular weight excluding hydrogens is 447 g/mol. The summed E-state index contributed by atoms with van der Waals surface area (Å²) in [5.74, 6) is 0.121. The molecule has 1 aromatic heterocycles. The van der Waals surface area contributed by atoms with Crippen molar-refractivity contribution in [3.63, 3.8) is 0 Å². The van der Waals surface area contributed by atoms with Crippen LogP contribution in [0.1, 0.15) is 56.9 Å². The zero-order chi connectivity index (χ0) is 24.3. The van der Waals surface area contributed by atoms with Crippen LogP contribution in [-0.2, 0) is 19.7 Å². The number of carbonyl (C=O) groups is 2. The molecule has 1 aromatic carbocycles. The maximum absolute atomic E-state index is 14.2. The maximum Gasteiger partial charge on any atom is 0.317 e. The molecule has 1 atom stereocenters. The van der Waals surface area contributed by atoms with Gasteiger partial charge >= 0.3 is 5.97 Å². The Bertz CT molecular complexity index is 1050. The number of rotatable bonds is 6. The number of quaternary nitrogens is 1. The van der Waals surface area contributed by atoms with Crippen LogP contribution in [0.2, 0.25) is 0 Å². The Hall–Kier alpha value is -2.87. The van der Waals surface area contributed by atoms with Gasteiger partial charge in [-0.1, -0.05) is 37.8 Å². The fourth-order valence-corrected chi connectivity index (χ4v) is 6.41. The summed E-state index contributed by atoms with van der Waals surface area (Å²) in [6.45, 7) is 2.78. The fraction of sp³-hybridized carbons (Fsp3) is 0.556. The number of nitrogens with zero attached hydrogens (tertiary/aromatic N) is 3. The molecule has 3 saturated heterocycles. The number of carbonyl (C=O) groups excluding carboxylic acids is 2. The lowest BCUT2D eigenvalue weighted by molar-refractivity contribution is -0.939. The zero-order valence-electron chi connectivity index (χ0n) is 20.1. The molecule has 0 spiro atoms. The van der Waals surface area contributed by atoms with E-state index in [0.29, 0.717) is 42.1 Å². The topological polar surface area (TPSA) is 81.2 Å². The van der Waals surface area contributed by atoms with Gasteiger partial charge in [-0.05, 0) is 30.5 Å². The minimum atomic E-state index is -0.793. The number of esters is 1. The predicted molar refractivity (Wildman–Crippen MR) is 129 cm³/mol. The van der Waals surface area contributed by atoms with Crippen LogP contribution in [-0.4, -0.2) is 58.6 Å². The third-order valence-corrected chi connectivity index (χ3v) is 8.33. The number of fused-ring (bicyclic) bond motifs is 3. The van der Waals surface area contributed by atoms with Crippen molar-refractivity contribution in [1.29, 1.82) is 0 Å². The summed E-state index contributed by atoms with van der Waals surface area (Å²) in [5.41, 5.74) is -0.0587. The van der Waals surface area contributed by atoms with Crippen molar-refractivity contribution in [1.82, 2.24) is 9.97 Å². The molecule has 2 aromatic rings. The first-order valence-electron chi connectivity index (χ1n) is 12.9. The number of amides is 1. The number of hydrogen-bond donors (Lipinski definition) is 1. The van der Waals surface area contributed by atoms with E-state index in [2.05, 4.69) is 15.3 Å². The minimum absolute atomic E-state index is 0.101. The molecule has 2 bridgehead atoms. The standard InChI is InChI=1S/C27H33FN4O3/c28-22-7-5-6-21(16-22)27(10-3-1-2-4-11-27)26(34)35-23-18-32(14-8-20(23)9-15-32)19-25(33)31-24-17-29-12-13-30-24/h5-7,12-13,16-17,20,23H,1-4,8-11,14-15,18-19H2/p+1/t20?,23-,32?/m0/s1. The normalized spacial score (nSPS) is 27.6. The second kappa shape index (κ2) is 10.0. The van der Waals surface area contributed by atoms with Crippen LogP contribution < -0.4 is 5.32 Å². The molecule has 35 heavy (non-hydrogen) atoms. The van der Waals surface area contributed by atoms with Crippen molar-refractivity contribution in [3.05, 3.63) is 54.2 Å². The molecule has 1 aliphatic carbocycles. The van der Waals surface area contributed by atoms with Gasteiger partial charge in [0.25, 0.3) is 5.91 Å². The molecule has 7 nitrogen and oxygen atoms in total. The summed E-state index contributed by atoms with van der Waals surface area (Å²) in [5, 5.41) is 2.84. The molecule has 3 aliphatic heterocycles. The highest BCUT2D eigenvalue weighted by Gasteiger charge is 2.51. The smallest absolute Gasteiger partial charge is 0.317 e. The number of ether oxygens (including phenoxy) is 1. The Balaban J connectivity index is 1.31. The monoisotopic (exact) mass is 481 g/mol. The summed E-state index contributed by atoms with van der Waals surface area (Å²) < 4.78 is 21.1. The molecule has 0 radical (unpaired) electrons. The van der Waals surface area contributed by atoms with E-state index in [1.165, 1.54) is 18.3 Å². The molecule has 4 heterocycles. The third kappa shape index (κ3) is 5.08. The SMILES string of the molecule is O=C(C[N+]12CCC(CC1)[C@@H](OC(=O)C1(c3cccc(F)c3)CCCCCC1)C2)Nc1cnccn1. The van der Waals surface area contributed by atoms with Gasteiger partial charge < -0.3 is 14.5 Å². The van der Waals surface area contributed by atoms with Crippen LogP contribution in [0.3, 0.4) is 0 Å². The molecular formula is C27H34FN4O3+. The van der Waals surface area contributed by atoms with E-state index in [0.717, 1.165) is 57.2 Å². The van der Waals surface area contributed by atoms with Crippen LogP contribution in [0.4, 0.5) is 10.2 Å². The van der Waals surface area contributed by atoms with E-state index in [9.17, 15) is 14.0 Å². The van der Waals surface area contributed by atoms with Crippen molar-refractivity contribution in [2.24, 2.45) is 5.92 Å². The van der Waals surface area contributed by atoms with Crippen LogP contribution in [0.5, 0.6) is 0 Å². The second-order valence-corrected chi connectivity index (χ2v) is 10.6. The fourth-order valence-electron chi connectivity index (χ4n) is 6.41. The predicted octanol–water partition coefficient (Wildman–Crippen LogP) is 4.00. The lowest BCUT2D eigenvalue weighted by Crippen LogP contribution is -2.66. The molecule has 1 N–H and O–H groups in total. The minimum Gasteiger partial charge on any atom is -0.455 e. The van der Waals surface area contributed by atoms with Crippen molar-refractivity contribution in [2.45, 2.75) is 62.9 Å². The number of piperidine rings is 3. The van der Waals surface area contributed by atoms with Gasteiger partial charge in [0.1, 0.15) is 12.4 Å². The summed E-state index contributed by atoms with van der Waals surface area (Å²) in [4.78, 5) is 34.8. The van der Waals surface area contributed by atoms with E-state index in [4.69, 9.17) is 4.74 Å². The summed E-state index contributed by atoms with van der Waals surface area (Å²) >= 11 is 0. The first-order valence-corrected chi connectivity index (χ1v) is 12.9. The zero-order valence-corrected chi connectivity index (χ0v) is 20.1. The van der Waals surface area contributed by atoms with Gasteiger partial charge in [-0.3, -0.25) is 14.6 Å². The molecule has 8 heteroatoms. The van der Waals surface area contributed by atoms with Gasteiger partial charge in [0.15, 0.2) is 18.5 Å². The highest BCUT2D eigenvalue weighted by Crippen LogP contribution is 2.42. The van der Waals surface area contributed by atoms with E-state index in [-0.39, 0.29) is 23.8 Å². The lowest BCUT2D eigenvalue weighted by atomic mass is 9.74. The number of nitrogens with one attached hydrogen (secondary N) is 1. The van der Waals surface area contributed by atoms with Gasteiger partial charge in [0, 0.05) is 31.2 Å². The van der Waals surface area contributed by atoms with Gasteiger partial charge in [0.2, 0.25) is 0 Å². The van der Waals surface area contributed by atoms with Gasteiger partial charge in [0.05, 0.1) is 24.7 Å². The van der Waals surface area contributed by atoms with E-state index in [1.54, 1.807) is 18.5 Å². The molecule has 1 saturated carbocycles. The van der Waals surface area contributed by atoms with Gasteiger partial charge in [-0.2, -0.15) is 0 Å². The Morgan fingerprint density at radius 1 is 1.11 bits per heavy atom. The quantitative estimate of drug-likeness (QED) is 0.383. The Morgan fingerprint density at radius 3 is 2.57 bits per heavy atom. The van der Waals surface area contributed by atoms with Crippen molar-refractivity contribution in [2.75, 3.05) is 31.5 Å². The second-order valence-electron chi connectivity index (χ2n) is 10.6. The van der Waals surface area contributed by atoms with Crippen LogP contribution >= 0.6 is 0 Å². The van der Waals surface area contributed by atoms with Crippen LogP contribution in [0.15, 0.2) is 42.9 Å². The summed E-state index contributed by atoms with van der Waals surface area (Å²) in [7, 11) is 0. The third-order valence-electron chi connectivity index (χ3n) is 8.33. The number of anilines is 1. The highest BCUT2D eigenvalue weighted by atomic mass is 19.1. The molecule has 186 valence electrons. The van der Waals surface area contributed by atoms with E-state index < -0.39 is 5.41 Å². The van der Waals surface area contributed by atoms with Crippen LogP contribution in [0, 0.1) is 11.7 Å². The van der Waals surface area contributed by atoms with Gasteiger partial charge in [-0.15, -0.1) is 0 Å². The van der Waals surface area contributed by atoms with Crippen molar-refractivity contribution in [3.8, 4) is 0 Å². The molecule has 0 unspecified atom stereocenters. The lowest BCUT2D eigenvalue weighted by Gasteiger charge is -2.52. The number of aromatic nitrogens is 2. The van der Waals surface area contributed by atoms with Crippen molar-refractivity contribution >= 4 is 17.7 Å². The summed E-state index contributed by atoms with van der Waals surface area (Å²) in [6, 6.07) is 6.49. The Labute approximate surface area is 205 Å². The highest BCUT2D eigenvalue weighted by molar-refractivity contribution is 5.90. The maximum atomic E-state index is 14.2. The Kier molecular flexibility index (Phi) is 6.82. The van der Waals surface area contributed by atoms with E-state index >= 15 is 0 Å². The first-order chi connectivity index (χ1) is 17.0. The average molecular weight is 482 g/mol. The largest absolute Gasteiger partial charge is 0.455 e. The number of benzene rings is 1. The van der Waals surface area contributed by atoms with Gasteiger partial charge in [-0.25, -0.2) is 9.37 Å². The number of halogens is 1. The summed E-state index contributed by atoms with van der Waals surface area (Å²) in [6.07, 6.45) is 11.7. The average Bonchev–Trinajstić information content (AvgIpc) is 3.12. The molecule has 1 amide bonds. The van der Waals surface area contributed by atoms with Crippen molar-refractivity contribution < 1.29 is 23.2 Å². The molecule has 4 aliphatic rings. The number of hydrogen-bond acceptors (Lipinski definition) is 5.